The number of carbonyl (C=O) groups excluding carboxylic acids is 3. The van der Waals surface area contributed by atoms with Gasteiger partial charge in [0, 0.05) is 31.8 Å². The zero-order valence-electron chi connectivity index (χ0n) is 46.4. The first kappa shape index (κ1) is 65.4. The molecule has 67 heavy (non-hydrogen) atoms. The monoisotopic (exact) mass is 947 g/mol. The van der Waals surface area contributed by atoms with Crippen LogP contribution in [0.5, 0.6) is 0 Å². The molecule has 2 atom stereocenters. The molecule has 0 aromatic carbocycles. The zero-order chi connectivity index (χ0) is 49.3. The molecule has 0 saturated heterocycles. The quantitative estimate of drug-likeness (QED) is 0.0447. The first-order valence-corrected chi connectivity index (χ1v) is 30.0. The number of nitrogens with zero attached hydrogens (tertiary/aromatic N) is 2. The molecule has 0 N–H and O–H groups in total. The molecule has 1 amide bonds. The van der Waals surface area contributed by atoms with E-state index in [2.05, 4.69) is 58.5 Å². The fraction of sp³-hybridized carbons (Fsp3) is 0.950. The van der Waals surface area contributed by atoms with Crippen LogP contribution in [0, 0.1) is 11.8 Å². The van der Waals surface area contributed by atoms with Crippen molar-refractivity contribution in [3.63, 3.8) is 0 Å². The van der Waals surface area contributed by atoms with Crippen molar-refractivity contribution >= 4 is 17.8 Å². The lowest BCUT2D eigenvalue weighted by Crippen LogP contribution is -2.41. The van der Waals surface area contributed by atoms with Gasteiger partial charge < -0.3 is 19.3 Å². The summed E-state index contributed by atoms with van der Waals surface area (Å²) in [5.41, 5.74) is 0. The fourth-order valence-corrected chi connectivity index (χ4v) is 9.96. The molecule has 0 fully saturated rings. The molecule has 0 aromatic rings. The van der Waals surface area contributed by atoms with Gasteiger partial charge >= 0.3 is 11.9 Å². The lowest BCUT2D eigenvalue weighted by atomic mass is 9.92. The van der Waals surface area contributed by atoms with Gasteiger partial charge in [-0.2, -0.15) is 0 Å². The number of ether oxygens (including phenoxy) is 2. The Kier molecular flexibility index (Phi) is 49.5. The summed E-state index contributed by atoms with van der Waals surface area (Å²) in [6.45, 7) is 14.3. The van der Waals surface area contributed by atoms with Gasteiger partial charge in [0.25, 0.3) is 0 Å². The fourth-order valence-electron chi connectivity index (χ4n) is 9.96. The van der Waals surface area contributed by atoms with Crippen LogP contribution in [0.25, 0.3) is 0 Å². The van der Waals surface area contributed by atoms with Gasteiger partial charge in [-0.15, -0.1) is 0 Å². The number of hydrogen-bond acceptors (Lipinski definition) is 6. The van der Waals surface area contributed by atoms with Crippen molar-refractivity contribution in [2.24, 2.45) is 11.8 Å². The topological polar surface area (TPSA) is 76.2 Å². The lowest BCUT2D eigenvalue weighted by Gasteiger charge is -2.33. The van der Waals surface area contributed by atoms with Gasteiger partial charge in [-0.1, -0.05) is 234 Å². The smallest absolute Gasteiger partial charge is 0.305 e. The number of carbonyl (C=O) groups is 3. The van der Waals surface area contributed by atoms with Crippen molar-refractivity contribution in [2.45, 2.75) is 317 Å². The van der Waals surface area contributed by atoms with Crippen LogP contribution < -0.4 is 0 Å². The van der Waals surface area contributed by atoms with Gasteiger partial charge in [0.1, 0.15) is 0 Å². The van der Waals surface area contributed by atoms with E-state index in [-0.39, 0.29) is 18.0 Å². The Morgan fingerprint density at radius 3 is 1.19 bits per heavy atom. The highest BCUT2D eigenvalue weighted by Gasteiger charge is 2.23. The van der Waals surface area contributed by atoms with Crippen molar-refractivity contribution in [3.8, 4) is 0 Å². The molecular formula is C60H118N2O5. The van der Waals surface area contributed by atoms with E-state index in [0.717, 1.165) is 90.1 Å². The van der Waals surface area contributed by atoms with E-state index >= 15 is 0 Å². The second kappa shape index (κ2) is 50.7. The number of rotatable bonds is 53. The summed E-state index contributed by atoms with van der Waals surface area (Å²) in [4.78, 5) is 44.1. The third kappa shape index (κ3) is 44.1. The van der Waals surface area contributed by atoms with Gasteiger partial charge in [0.15, 0.2) is 0 Å². The summed E-state index contributed by atoms with van der Waals surface area (Å²) in [5, 5.41) is 0. The molecule has 7 heteroatoms. The Hall–Kier alpha value is -1.63. The predicted molar refractivity (Wildman–Crippen MR) is 290 cm³/mol. The highest BCUT2D eigenvalue weighted by Crippen LogP contribution is 2.24. The van der Waals surface area contributed by atoms with E-state index in [0.29, 0.717) is 50.2 Å². The van der Waals surface area contributed by atoms with Crippen LogP contribution in [0.1, 0.15) is 311 Å². The first-order valence-electron chi connectivity index (χ1n) is 30.0. The second-order valence-corrected chi connectivity index (χ2v) is 21.3. The molecule has 2 unspecified atom stereocenters. The van der Waals surface area contributed by atoms with E-state index in [1.807, 2.05) is 0 Å². The average Bonchev–Trinajstić information content (AvgIpc) is 3.31. The van der Waals surface area contributed by atoms with Crippen molar-refractivity contribution < 1.29 is 23.9 Å². The minimum Gasteiger partial charge on any atom is -0.466 e. The molecule has 0 bridgehead atoms. The SMILES string of the molecule is CCCCCCCCCCC(CCCCCCC(=O)OCC(CCCCCC)CCCCCCCC)N(CCCN(C)C)C(=O)CCCCCCC(=O)OCCC(CCCCC)CCCCC. The maximum absolute atomic E-state index is 14.1. The van der Waals surface area contributed by atoms with E-state index < -0.39 is 0 Å². The second-order valence-electron chi connectivity index (χ2n) is 21.3. The van der Waals surface area contributed by atoms with Gasteiger partial charge in [-0.3, -0.25) is 14.4 Å². The number of amides is 1. The molecule has 0 aliphatic rings. The van der Waals surface area contributed by atoms with E-state index in [1.54, 1.807) is 0 Å². The van der Waals surface area contributed by atoms with Crippen LogP contribution in [0.15, 0.2) is 0 Å². The van der Waals surface area contributed by atoms with Gasteiger partial charge in [-0.05, 0) is 90.3 Å². The summed E-state index contributed by atoms with van der Waals surface area (Å²) in [5.74, 6) is 1.44. The molecule has 0 aliphatic heterocycles. The standard InChI is InChI=1S/C60H118N2O5/c1-8-13-18-21-23-24-26-35-45-57(46-36-27-29-39-49-60(65)67-54-56(43-33-20-15-10-3)44-34-25-22-19-14-9-2)62(52-40-51-61(6)7)58(63)47-37-28-30-38-48-59(64)66-53-50-55(41-31-16-11-4)42-32-17-12-5/h55-57H,8-54H2,1-7H3. The highest BCUT2D eigenvalue weighted by atomic mass is 16.5. The van der Waals surface area contributed by atoms with E-state index in [1.165, 1.54) is 180 Å². The molecule has 7 nitrogen and oxygen atoms in total. The Bertz CT molecular complexity index is 1060. The molecular weight excluding hydrogens is 829 g/mol. The van der Waals surface area contributed by atoms with Crippen molar-refractivity contribution in [3.05, 3.63) is 0 Å². The maximum atomic E-state index is 14.1. The Labute approximate surface area is 419 Å². The highest BCUT2D eigenvalue weighted by molar-refractivity contribution is 5.76. The molecule has 0 rings (SSSR count). The first-order chi connectivity index (χ1) is 32.7. The summed E-state index contributed by atoms with van der Waals surface area (Å²) in [7, 11) is 4.25. The number of unbranched alkanes of at least 4 members (excludes halogenated alkanes) is 25. The van der Waals surface area contributed by atoms with Crippen molar-refractivity contribution in [1.82, 2.24) is 9.80 Å². The minimum atomic E-state index is -0.0523. The molecule has 0 heterocycles. The third-order valence-corrected chi connectivity index (χ3v) is 14.5. The van der Waals surface area contributed by atoms with Crippen LogP contribution in [0.2, 0.25) is 0 Å². The Morgan fingerprint density at radius 2 is 0.716 bits per heavy atom. The molecule has 398 valence electrons. The van der Waals surface area contributed by atoms with E-state index in [9.17, 15) is 14.4 Å². The zero-order valence-corrected chi connectivity index (χ0v) is 46.4. The largest absolute Gasteiger partial charge is 0.466 e. The Balaban J connectivity index is 5.11. The summed E-state index contributed by atoms with van der Waals surface area (Å²) < 4.78 is 11.6. The van der Waals surface area contributed by atoms with Crippen LogP contribution >= 0.6 is 0 Å². The number of hydrogen-bond donors (Lipinski definition) is 0. The minimum absolute atomic E-state index is 0.0126. The van der Waals surface area contributed by atoms with E-state index in [4.69, 9.17) is 9.47 Å². The molecule has 0 aromatic heterocycles. The maximum Gasteiger partial charge on any atom is 0.305 e. The van der Waals surface area contributed by atoms with Crippen LogP contribution in [0.4, 0.5) is 0 Å². The van der Waals surface area contributed by atoms with Crippen molar-refractivity contribution in [1.29, 1.82) is 0 Å². The molecule has 0 aliphatic carbocycles. The lowest BCUT2D eigenvalue weighted by molar-refractivity contribution is -0.145. The van der Waals surface area contributed by atoms with Gasteiger partial charge in [-0.25, -0.2) is 0 Å². The van der Waals surface area contributed by atoms with Crippen LogP contribution in [0.3, 0.4) is 0 Å². The summed E-state index contributed by atoms with van der Waals surface area (Å²) >= 11 is 0. The van der Waals surface area contributed by atoms with Gasteiger partial charge in [0.2, 0.25) is 5.91 Å². The molecule has 0 saturated carbocycles. The summed E-state index contributed by atoms with van der Waals surface area (Å²) in [6.07, 6.45) is 49.5. The number of esters is 2. The average molecular weight is 948 g/mol. The van der Waals surface area contributed by atoms with Gasteiger partial charge in [0.05, 0.1) is 13.2 Å². The Morgan fingerprint density at radius 1 is 0.358 bits per heavy atom. The summed E-state index contributed by atoms with van der Waals surface area (Å²) in [6, 6.07) is 0.285. The predicted octanol–water partition coefficient (Wildman–Crippen LogP) is 17.9. The van der Waals surface area contributed by atoms with Crippen molar-refractivity contribution in [2.75, 3.05) is 40.4 Å². The normalized spacial score (nSPS) is 12.6. The van der Waals surface area contributed by atoms with Crippen LogP contribution in [-0.2, 0) is 23.9 Å². The third-order valence-electron chi connectivity index (χ3n) is 14.5. The molecule has 0 radical (unpaired) electrons. The molecule has 0 spiro atoms. The van der Waals surface area contributed by atoms with Crippen LogP contribution in [-0.4, -0.2) is 74.1 Å².